The largest absolute Gasteiger partial charge is 0.481 e. The number of hydrogen-bond donors (Lipinski definition) is 3. The van der Waals surface area contributed by atoms with Crippen molar-refractivity contribution in [1.29, 1.82) is 0 Å². The van der Waals surface area contributed by atoms with E-state index in [1.54, 1.807) is 0 Å². The second-order valence-corrected chi connectivity index (χ2v) is 6.06. The maximum Gasteiger partial charge on any atom is 0.303 e. The molecule has 0 bridgehead atoms. The predicted molar refractivity (Wildman–Crippen MR) is 71.8 cm³/mol. The minimum Gasteiger partial charge on any atom is -0.481 e. The van der Waals surface area contributed by atoms with Crippen molar-refractivity contribution in [2.75, 3.05) is 13.1 Å². The average molecular weight is 268 g/mol. The van der Waals surface area contributed by atoms with Crippen molar-refractivity contribution in [3.05, 3.63) is 0 Å². The summed E-state index contributed by atoms with van der Waals surface area (Å²) in [7, 11) is 0. The first-order chi connectivity index (χ1) is 9.10. The van der Waals surface area contributed by atoms with Gasteiger partial charge in [0.1, 0.15) is 0 Å². The molecule has 0 radical (unpaired) electrons. The minimum atomic E-state index is -0.757. The molecule has 2 fully saturated rings. The smallest absolute Gasteiger partial charge is 0.303 e. The predicted octanol–water partition coefficient (Wildman–Crippen LogP) is 1.28. The van der Waals surface area contributed by atoms with Crippen molar-refractivity contribution in [1.82, 2.24) is 10.6 Å². The summed E-state index contributed by atoms with van der Waals surface area (Å²) in [5.41, 5.74) is -0.223. The van der Waals surface area contributed by atoms with Crippen LogP contribution >= 0.6 is 0 Å². The Morgan fingerprint density at radius 3 is 2.42 bits per heavy atom. The fourth-order valence-electron chi connectivity index (χ4n) is 2.91. The molecule has 0 aliphatic heterocycles. The summed E-state index contributed by atoms with van der Waals surface area (Å²) in [5.74, 6) is -0.769. The molecule has 0 aromatic rings. The molecule has 3 N–H and O–H groups in total. The molecule has 0 heterocycles. The lowest BCUT2D eigenvalue weighted by atomic mass is 9.71. The van der Waals surface area contributed by atoms with E-state index in [0.717, 1.165) is 38.5 Å². The highest BCUT2D eigenvalue weighted by atomic mass is 16.4. The first-order valence-corrected chi connectivity index (χ1v) is 7.32. The Labute approximate surface area is 114 Å². The normalized spacial score (nSPS) is 21.9. The van der Waals surface area contributed by atoms with Gasteiger partial charge in [0, 0.05) is 12.6 Å². The van der Waals surface area contributed by atoms with Gasteiger partial charge in [-0.25, -0.2) is 0 Å². The van der Waals surface area contributed by atoms with Crippen LogP contribution in [0.15, 0.2) is 0 Å². The highest BCUT2D eigenvalue weighted by Crippen LogP contribution is 2.38. The van der Waals surface area contributed by atoms with E-state index in [9.17, 15) is 9.59 Å². The monoisotopic (exact) mass is 268 g/mol. The van der Waals surface area contributed by atoms with Gasteiger partial charge >= 0.3 is 5.97 Å². The number of carbonyl (C=O) groups excluding carboxylic acids is 1. The summed E-state index contributed by atoms with van der Waals surface area (Å²) in [6, 6.07) is 0.522. The number of nitrogens with one attached hydrogen (secondary N) is 2. The molecule has 2 aliphatic carbocycles. The van der Waals surface area contributed by atoms with Gasteiger partial charge in [-0.1, -0.05) is 19.3 Å². The molecule has 5 heteroatoms. The first kappa shape index (κ1) is 14.3. The van der Waals surface area contributed by atoms with Gasteiger partial charge in [0.25, 0.3) is 0 Å². The van der Waals surface area contributed by atoms with Gasteiger partial charge in [0.05, 0.1) is 13.0 Å². The third-order valence-electron chi connectivity index (χ3n) is 4.23. The molecular formula is C14H24N2O3. The molecule has 2 rings (SSSR count). The van der Waals surface area contributed by atoms with Crippen molar-refractivity contribution < 1.29 is 14.7 Å². The zero-order valence-corrected chi connectivity index (χ0v) is 11.4. The standard InChI is InChI=1S/C14H24N2O3/c17-12(9-15-11-4-5-11)16-10-14(8-13(18)19)6-2-1-3-7-14/h11,15H,1-10H2,(H,16,17)(H,18,19). The van der Waals surface area contributed by atoms with Gasteiger partial charge in [0.15, 0.2) is 0 Å². The maximum absolute atomic E-state index is 11.7. The van der Waals surface area contributed by atoms with E-state index in [-0.39, 0.29) is 17.7 Å². The van der Waals surface area contributed by atoms with Gasteiger partial charge in [0.2, 0.25) is 5.91 Å². The third kappa shape index (κ3) is 4.82. The van der Waals surface area contributed by atoms with Crippen LogP contribution in [0.25, 0.3) is 0 Å². The second-order valence-electron chi connectivity index (χ2n) is 6.06. The Hall–Kier alpha value is -1.10. The van der Waals surface area contributed by atoms with Crippen molar-refractivity contribution in [3.8, 4) is 0 Å². The summed E-state index contributed by atoms with van der Waals surface area (Å²) >= 11 is 0. The number of carbonyl (C=O) groups is 2. The van der Waals surface area contributed by atoms with Gasteiger partial charge < -0.3 is 15.7 Å². The lowest BCUT2D eigenvalue weighted by Gasteiger charge is -2.36. The molecule has 0 saturated heterocycles. The molecule has 2 saturated carbocycles. The van der Waals surface area contributed by atoms with E-state index in [1.807, 2.05) is 0 Å². The molecule has 0 aromatic heterocycles. The minimum absolute atomic E-state index is 0.0118. The van der Waals surface area contributed by atoms with Crippen molar-refractivity contribution in [2.45, 2.75) is 57.4 Å². The van der Waals surface area contributed by atoms with E-state index < -0.39 is 5.97 Å². The molecule has 5 nitrogen and oxygen atoms in total. The molecule has 19 heavy (non-hydrogen) atoms. The van der Waals surface area contributed by atoms with Gasteiger partial charge in [-0.3, -0.25) is 9.59 Å². The summed E-state index contributed by atoms with van der Waals surface area (Å²) in [6.07, 6.45) is 7.65. The van der Waals surface area contributed by atoms with Crippen LogP contribution in [0.3, 0.4) is 0 Å². The van der Waals surface area contributed by atoms with E-state index in [4.69, 9.17) is 5.11 Å². The quantitative estimate of drug-likeness (QED) is 0.650. The Bertz CT molecular complexity index is 334. The zero-order chi connectivity index (χ0) is 13.7. The number of carboxylic acids is 1. The van der Waals surface area contributed by atoms with Crippen molar-refractivity contribution in [2.24, 2.45) is 5.41 Å². The van der Waals surface area contributed by atoms with E-state index in [2.05, 4.69) is 10.6 Å². The van der Waals surface area contributed by atoms with Crippen molar-refractivity contribution >= 4 is 11.9 Å². The number of rotatable bonds is 7. The Morgan fingerprint density at radius 1 is 1.16 bits per heavy atom. The zero-order valence-electron chi connectivity index (χ0n) is 11.4. The number of carboxylic acid groups (broad SMARTS) is 1. The molecule has 0 aromatic carbocycles. The van der Waals surface area contributed by atoms with Gasteiger partial charge in [-0.15, -0.1) is 0 Å². The maximum atomic E-state index is 11.7. The van der Waals surface area contributed by atoms with Crippen LogP contribution in [0.2, 0.25) is 0 Å². The lowest BCUT2D eigenvalue weighted by Crippen LogP contribution is -2.43. The molecule has 0 atom stereocenters. The number of amides is 1. The molecule has 2 aliphatic rings. The average Bonchev–Trinajstić information content (AvgIpc) is 3.18. The van der Waals surface area contributed by atoms with E-state index in [1.165, 1.54) is 6.42 Å². The van der Waals surface area contributed by atoms with Crippen LogP contribution in [0, 0.1) is 5.41 Å². The molecule has 1 amide bonds. The van der Waals surface area contributed by atoms with Crippen LogP contribution in [-0.2, 0) is 9.59 Å². The fraction of sp³-hybridized carbons (Fsp3) is 0.857. The van der Waals surface area contributed by atoms with Crippen LogP contribution in [0.4, 0.5) is 0 Å². The first-order valence-electron chi connectivity index (χ1n) is 7.32. The summed E-state index contributed by atoms with van der Waals surface area (Å²) in [5, 5.41) is 15.1. The van der Waals surface area contributed by atoms with E-state index >= 15 is 0 Å². The number of hydrogen-bond acceptors (Lipinski definition) is 3. The van der Waals surface area contributed by atoms with Crippen LogP contribution in [-0.4, -0.2) is 36.1 Å². The lowest BCUT2D eigenvalue weighted by molar-refractivity contribution is -0.140. The summed E-state index contributed by atoms with van der Waals surface area (Å²) < 4.78 is 0. The molecule has 0 spiro atoms. The van der Waals surface area contributed by atoms with Crippen LogP contribution < -0.4 is 10.6 Å². The highest BCUT2D eigenvalue weighted by Gasteiger charge is 2.34. The molecule has 108 valence electrons. The Morgan fingerprint density at radius 2 is 1.84 bits per heavy atom. The summed E-state index contributed by atoms with van der Waals surface area (Å²) in [4.78, 5) is 22.7. The molecular weight excluding hydrogens is 244 g/mol. The van der Waals surface area contributed by atoms with Gasteiger partial charge in [-0.2, -0.15) is 0 Å². The third-order valence-corrected chi connectivity index (χ3v) is 4.23. The highest BCUT2D eigenvalue weighted by molar-refractivity contribution is 5.78. The number of aliphatic carboxylic acids is 1. The van der Waals surface area contributed by atoms with Crippen molar-refractivity contribution in [3.63, 3.8) is 0 Å². The topological polar surface area (TPSA) is 78.4 Å². The fourth-order valence-corrected chi connectivity index (χ4v) is 2.91. The Kier molecular flexibility index (Phi) is 4.80. The van der Waals surface area contributed by atoms with Crippen LogP contribution in [0.5, 0.6) is 0 Å². The Balaban J connectivity index is 1.77. The second kappa shape index (κ2) is 6.37. The molecule has 0 unspecified atom stereocenters. The van der Waals surface area contributed by atoms with Gasteiger partial charge in [-0.05, 0) is 31.1 Å². The summed E-state index contributed by atoms with van der Waals surface area (Å²) in [6.45, 7) is 0.859. The SMILES string of the molecule is O=C(O)CC1(CNC(=O)CNC2CC2)CCCCC1. The van der Waals surface area contributed by atoms with E-state index in [0.29, 0.717) is 19.1 Å². The van der Waals surface area contributed by atoms with Crippen LogP contribution in [0.1, 0.15) is 51.4 Å².